The minimum absolute atomic E-state index is 0.484. The summed E-state index contributed by atoms with van der Waals surface area (Å²) in [6, 6.07) is 24.9. The molecule has 1 aliphatic rings. The fourth-order valence-electron chi connectivity index (χ4n) is 4.58. The molecule has 1 saturated heterocycles. The van der Waals surface area contributed by atoms with Gasteiger partial charge in [0.15, 0.2) is 16.6 Å². The molecule has 0 bridgehead atoms. The zero-order valence-corrected chi connectivity index (χ0v) is 21.4. The molecule has 0 saturated carbocycles. The van der Waals surface area contributed by atoms with E-state index in [-0.39, 0.29) is 0 Å². The molecule has 0 aliphatic carbocycles. The molecule has 1 aliphatic heterocycles. The molecule has 4 rings (SSSR count). The predicted octanol–water partition coefficient (Wildman–Crippen LogP) is 6.50. The highest BCUT2D eigenvalue weighted by molar-refractivity contribution is 7.80. The molecule has 0 aromatic heterocycles. The highest BCUT2D eigenvalue weighted by Gasteiger charge is 2.19. The van der Waals surface area contributed by atoms with Gasteiger partial charge < -0.3 is 25.0 Å². The van der Waals surface area contributed by atoms with Crippen molar-refractivity contribution >= 4 is 28.7 Å². The lowest BCUT2D eigenvalue weighted by molar-refractivity contribution is 0.176. The summed E-state index contributed by atoms with van der Waals surface area (Å²) in [5, 5.41) is 7.22. The number of para-hydroxylation sites is 1. The summed E-state index contributed by atoms with van der Waals surface area (Å²) in [6.45, 7) is 1.69. The van der Waals surface area contributed by atoms with Gasteiger partial charge >= 0.3 is 0 Å². The average Bonchev–Trinajstić information content (AvgIpc) is 2.88. The molecule has 2 N–H and O–H groups in total. The van der Waals surface area contributed by atoms with E-state index in [1.807, 2.05) is 54.6 Å². The van der Waals surface area contributed by atoms with Crippen molar-refractivity contribution in [2.24, 2.45) is 0 Å². The standard InChI is InChI=1S/C29H35N3O2S/c1-32-19-9-8-13-25(32)17-15-23-12-6-7-14-26(23)31-29(35)30-24-16-18-27(28(20-24)33-2)34-21-22-10-4-3-5-11-22/h3-7,10-12,14,16,18,20,25H,8-9,13,15,17,19,21H2,1-2H3,(H2,30,31,35). The first-order chi connectivity index (χ1) is 17.1. The third-order valence-corrected chi connectivity index (χ3v) is 6.80. The molecular weight excluding hydrogens is 454 g/mol. The molecule has 0 radical (unpaired) electrons. The number of nitrogens with zero attached hydrogens (tertiary/aromatic N) is 1. The number of piperidine rings is 1. The maximum atomic E-state index is 5.97. The first kappa shape index (κ1) is 25.0. The molecule has 0 spiro atoms. The van der Waals surface area contributed by atoms with Crippen LogP contribution in [0.25, 0.3) is 0 Å². The van der Waals surface area contributed by atoms with Gasteiger partial charge in [-0.1, -0.05) is 55.0 Å². The second-order valence-electron chi connectivity index (χ2n) is 9.05. The molecule has 1 atom stereocenters. The number of thiocarbonyl (C=S) groups is 1. The number of methoxy groups -OCH3 is 1. The Morgan fingerprint density at radius 1 is 0.971 bits per heavy atom. The van der Waals surface area contributed by atoms with E-state index in [1.165, 1.54) is 31.4 Å². The van der Waals surface area contributed by atoms with Gasteiger partial charge in [0.2, 0.25) is 0 Å². The molecular formula is C29H35N3O2S. The van der Waals surface area contributed by atoms with Crippen molar-refractivity contribution in [1.82, 2.24) is 4.90 Å². The smallest absolute Gasteiger partial charge is 0.175 e. The van der Waals surface area contributed by atoms with Crippen LogP contribution in [0.1, 0.15) is 36.8 Å². The van der Waals surface area contributed by atoms with Crippen LogP contribution < -0.4 is 20.1 Å². The Morgan fingerprint density at radius 2 is 1.77 bits per heavy atom. The average molecular weight is 490 g/mol. The van der Waals surface area contributed by atoms with Crippen LogP contribution in [0.2, 0.25) is 0 Å². The lowest BCUT2D eigenvalue weighted by Gasteiger charge is -2.32. The molecule has 1 unspecified atom stereocenters. The summed E-state index contributed by atoms with van der Waals surface area (Å²) in [4.78, 5) is 2.51. The monoisotopic (exact) mass is 489 g/mol. The Morgan fingerprint density at radius 3 is 2.57 bits per heavy atom. The number of ether oxygens (including phenoxy) is 2. The number of aryl methyl sites for hydroxylation is 1. The van der Waals surface area contributed by atoms with Gasteiger partial charge in [-0.25, -0.2) is 0 Å². The number of anilines is 2. The lowest BCUT2D eigenvalue weighted by atomic mass is 9.96. The van der Waals surface area contributed by atoms with Gasteiger partial charge in [-0.15, -0.1) is 0 Å². The third-order valence-electron chi connectivity index (χ3n) is 6.59. The van der Waals surface area contributed by atoms with Gasteiger partial charge in [0.25, 0.3) is 0 Å². The molecule has 35 heavy (non-hydrogen) atoms. The number of nitrogens with one attached hydrogen (secondary N) is 2. The minimum Gasteiger partial charge on any atom is -0.493 e. The van der Waals surface area contributed by atoms with Crippen LogP contribution in [0, 0.1) is 0 Å². The van der Waals surface area contributed by atoms with E-state index in [2.05, 4.69) is 40.8 Å². The molecule has 3 aromatic carbocycles. The Labute approximate surface area is 214 Å². The van der Waals surface area contributed by atoms with Crippen LogP contribution in [0.3, 0.4) is 0 Å². The molecule has 3 aromatic rings. The maximum absolute atomic E-state index is 5.97. The lowest BCUT2D eigenvalue weighted by Crippen LogP contribution is -2.36. The quantitative estimate of drug-likeness (QED) is 0.335. The van der Waals surface area contributed by atoms with E-state index < -0.39 is 0 Å². The Hall–Kier alpha value is -3.09. The molecule has 5 nitrogen and oxygen atoms in total. The number of hydrogen-bond donors (Lipinski definition) is 2. The molecule has 0 amide bonds. The largest absolute Gasteiger partial charge is 0.493 e. The normalized spacial score (nSPS) is 15.9. The minimum atomic E-state index is 0.484. The van der Waals surface area contributed by atoms with Gasteiger partial charge in [0.1, 0.15) is 6.61 Å². The molecule has 1 heterocycles. The molecule has 1 fully saturated rings. The van der Waals surface area contributed by atoms with E-state index in [9.17, 15) is 0 Å². The summed E-state index contributed by atoms with van der Waals surface area (Å²) >= 11 is 5.63. The van der Waals surface area contributed by atoms with Crippen LogP contribution >= 0.6 is 12.2 Å². The van der Waals surface area contributed by atoms with Crippen molar-refractivity contribution in [2.75, 3.05) is 31.3 Å². The number of rotatable bonds is 9. The van der Waals surface area contributed by atoms with Crippen molar-refractivity contribution < 1.29 is 9.47 Å². The second-order valence-corrected chi connectivity index (χ2v) is 9.45. The summed E-state index contributed by atoms with van der Waals surface area (Å²) < 4.78 is 11.5. The number of hydrogen-bond acceptors (Lipinski definition) is 4. The maximum Gasteiger partial charge on any atom is 0.175 e. The Bertz CT molecular complexity index is 1110. The van der Waals surface area contributed by atoms with E-state index in [0.717, 1.165) is 29.8 Å². The summed E-state index contributed by atoms with van der Waals surface area (Å²) in [7, 11) is 3.89. The predicted molar refractivity (Wildman–Crippen MR) is 149 cm³/mol. The second kappa shape index (κ2) is 12.6. The van der Waals surface area contributed by atoms with Crippen LogP contribution in [-0.2, 0) is 13.0 Å². The van der Waals surface area contributed by atoms with Gasteiger partial charge in [-0.2, -0.15) is 0 Å². The topological polar surface area (TPSA) is 45.8 Å². The van der Waals surface area contributed by atoms with Crippen LogP contribution in [-0.4, -0.2) is 36.8 Å². The van der Waals surface area contributed by atoms with E-state index in [4.69, 9.17) is 21.7 Å². The number of benzene rings is 3. The van der Waals surface area contributed by atoms with Crippen molar-refractivity contribution in [3.05, 3.63) is 83.9 Å². The highest BCUT2D eigenvalue weighted by Crippen LogP contribution is 2.31. The summed E-state index contributed by atoms with van der Waals surface area (Å²) in [5.41, 5.74) is 4.29. The van der Waals surface area contributed by atoms with Crippen molar-refractivity contribution in [1.29, 1.82) is 0 Å². The van der Waals surface area contributed by atoms with Crippen LogP contribution in [0.4, 0.5) is 11.4 Å². The van der Waals surface area contributed by atoms with Gasteiger partial charge in [-0.3, -0.25) is 0 Å². The summed E-state index contributed by atoms with van der Waals surface area (Å²) in [5.74, 6) is 1.35. The van der Waals surface area contributed by atoms with Crippen molar-refractivity contribution in [2.45, 2.75) is 44.8 Å². The first-order valence-electron chi connectivity index (χ1n) is 12.3. The zero-order valence-electron chi connectivity index (χ0n) is 20.6. The van der Waals surface area contributed by atoms with Gasteiger partial charge in [0, 0.05) is 23.5 Å². The van der Waals surface area contributed by atoms with Crippen LogP contribution in [0.15, 0.2) is 72.8 Å². The van der Waals surface area contributed by atoms with E-state index >= 15 is 0 Å². The zero-order chi connectivity index (χ0) is 24.5. The van der Waals surface area contributed by atoms with Gasteiger partial charge in [-0.05, 0) is 80.8 Å². The SMILES string of the molecule is COc1cc(NC(=S)Nc2ccccc2CCC2CCCCN2C)ccc1OCc1ccccc1. The third kappa shape index (κ3) is 7.20. The fraction of sp³-hybridized carbons (Fsp3) is 0.345. The number of likely N-dealkylation sites (tertiary alicyclic amines) is 1. The van der Waals surface area contributed by atoms with E-state index in [0.29, 0.717) is 29.3 Å². The first-order valence-corrected chi connectivity index (χ1v) is 12.7. The fourth-order valence-corrected chi connectivity index (χ4v) is 4.80. The van der Waals surface area contributed by atoms with Crippen LogP contribution in [0.5, 0.6) is 11.5 Å². The summed E-state index contributed by atoms with van der Waals surface area (Å²) in [6.07, 6.45) is 6.14. The van der Waals surface area contributed by atoms with E-state index in [1.54, 1.807) is 7.11 Å². The van der Waals surface area contributed by atoms with Crippen molar-refractivity contribution in [3.63, 3.8) is 0 Å². The Balaban J connectivity index is 1.35. The molecule has 6 heteroatoms. The Kier molecular flexibility index (Phi) is 8.98. The highest BCUT2D eigenvalue weighted by atomic mass is 32.1. The molecule has 184 valence electrons. The van der Waals surface area contributed by atoms with Gasteiger partial charge in [0.05, 0.1) is 7.11 Å². The van der Waals surface area contributed by atoms with Crippen molar-refractivity contribution in [3.8, 4) is 11.5 Å².